The first-order valence-electron chi connectivity index (χ1n) is 6.02. The van der Waals surface area contributed by atoms with E-state index in [2.05, 4.69) is 9.72 Å². The molecule has 0 fully saturated rings. The maximum absolute atomic E-state index is 12.1. The molecule has 126 valence electrons. The molecule has 2 N–H and O–H groups in total. The molecule has 0 saturated carbocycles. The minimum Gasteiger partial charge on any atom is -0.464 e. The van der Waals surface area contributed by atoms with E-state index in [1.54, 1.807) is 0 Å². The number of alkyl halides is 3. The van der Waals surface area contributed by atoms with Crippen LogP contribution in [0.4, 0.5) is 13.2 Å². The van der Waals surface area contributed by atoms with E-state index in [0.29, 0.717) is 0 Å². The highest BCUT2D eigenvalue weighted by Crippen LogP contribution is 2.29. The fourth-order valence-corrected chi connectivity index (χ4v) is 3.63. The topological polar surface area (TPSA) is 88.3 Å². The Morgan fingerprint density at radius 1 is 1.41 bits per heavy atom. The SMILES string of the molecule is COC(=O)c1[nH]c(C)c(S(=O)(=O)NCCCC(F)(F)F)c1Cl. The summed E-state index contributed by atoms with van der Waals surface area (Å²) in [7, 11) is -3.05. The Labute approximate surface area is 130 Å². The predicted octanol–water partition coefficient (Wildman–Crippen LogP) is 2.38. The van der Waals surface area contributed by atoms with E-state index in [4.69, 9.17) is 11.6 Å². The second kappa shape index (κ2) is 6.88. The summed E-state index contributed by atoms with van der Waals surface area (Å²) < 4.78 is 66.6. The number of sulfonamides is 1. The van der Waals surface area contributed by atoms with E-state index in [0.717, 1.165) is 7.11 Å². The van der Waals surface area contributed by atoms with Crippen LogP contribution in [-0.4, -0.2) is 39.2 Å². The number of ether oxygens (including phenoxy) is 1. The summed E-state index contributed by atoms with van der Waals surface area (Å²) in [6.07, 6.45) is -5.87. The summed E-state index contributed by atoms with van der Waals surface area (Å²) in [6, 6.07) is 0. The molecule has 0 aliphatic heterocycles. The van der Waals surface area contributed by atoms with Crippen LogP contribution in [-0.2, 0) is 14.8 Å². The maximum Gasteiger partial charge on any atom is 0.389 e. The van der Waals surface area contributed by atoms with Gasteiger partial charge in [-0.2, -0.15) is 13.2 Å². The lowest BCUT2D eigenvalue weighted by Crippen LogP contribution is -2.26. The fraction of sp³-hybridized carbons (Fsp3) is 0.545. The van der Waals surface area contributed by atoms with Gasteiger partial charge in [0.05, 0.1) is 12.1 Å². The molecule has 0 unspecified atom stereocenters. The van der Waals surface area contributed by atoms with E-state index in [9.17, 15) is 26.4 Å². The van der Waals surface area contributed by atoms with Crippen LogP contribution >= 0.6 is 11.6 Å². The molecule has 1 aromatic heterocycles. The average molecular weight is 363 g/mol. The second-order valence-corrected chi connectivity index (χ2v) is 6.46. The highest BCUT2D eigenvalue weighted by Gasteiger charge is 2.29. The van der Waals surface area contributed by atoms with Crippen molar-refractivity contribution in [2.24, 2.45) is 0 Å². The lowest BCUT2D eigenvalue weighted by atomic mass is 10.3. The van der Waals surface area contributed by atoms with Crippen molar-refractivity contribution in [2.45, 2.75) is 30.8 Å². The molecule has 0 aliphatic rings. The van der Waals surface area contributed by atoms with Crippen LogP contribution in [0.1, 0.15) is 29.0 Å². The van der Waals surface area contributed by atoms with Crippen molar-refractivity contribution >= 4 is 27.6 Å². The standard InChI is InChI=1S/C11H14ClF3N2O4S/c1-6-9(7(12)8(17-6)10(18)21-2)22(19,20)16-5-3-4-11(13,14)15/h16-17H,3-5H2,1-2H3. The molecule has 0 amide bonds. The zero-order chi connectivity index (χ0) is 17.1. The third kappa shape index (κ3) is 4.62. The quantitative estimate of drug-likeness (QED) is 0.600. The third-order valence-electron chi connectivity index (χ3n) is 2.66. The number of aromatic nitrogens is 1. The molecule has 0 spiro atoms. The van der Waals surface area contributed by atoms with Crippen LogP contribution in [0, 0.1) is 6.92 Å². The summed E-state index contributed by atoms with van der Waals surface area (Å²) >= 11 is 5.84. The molecule has 1 rings (SSSR count). The number of hydrogen-bond acceptors (Lipinski definition) is 4. The van der Waals surface area contributed by atoms with Gasteiger partial charge in [-0.1, -0.05) is 11.6 Å². The van der Waals surface area contributed by atoms with Gasteiger partial charge in [0.15, 0.2) is 0 Å². The van der Waals surface area contributed by atoms with Crippen LogP contribution in [0.5, 0.6) is 0 Å². The van der Waals surface area contributed by atoms with E-state index in [1.807, 2.05) is 4.72 Å². The van der Waals surface area contributed by atoms with Gasteiger partial charge in [0, 0.05) is 18.7 Å². The Bertz CT molecular complexity index is 655. The van der Waals surface area contributed by atoms with E-state index >= 15 is 0 Å². The maximum atomic E-state index is 12.1. The van der Waals surface area contributed by atoms with E-state index < -0.39 is 41.6 Å². The molecule has 0 radical (unpaired) electrons. The molecule has 0 aromatic carbocycles. The molecule has 6 nitrogen and oxygen atoms in total. The van der Waals surface area contributed by atoms with Crippen molar-refractivity contribution in [1.82, 2.24) is 9.71 Å². The van der Waals surface area contributed by atoms with Crippen LogP contribution in [0.3, 0.4) is 0 Å². The van der Waals surface area contributed by atoms with Gasteiger partial charge in [0.2, 0.25) is 10.0 Å². The number of H-pyrrole nitrogens is 1. The van der Waals surface area contributed by atoms with Gasteiger partial charge in [-0.15, -0.1) is 0 Å². The van der Waals surface area contributed by atoms with Crippen molar-refractivity contribution in [2.75, 3.05) is 13.7 Å². The number of aromatic amines is 1. The predicted molar refractivity (Wildman–Crippen MR) is 72.4 cm³/mol. The number of hydrogen-bond donors (Lipinski definition) is 2. The van der Waals surface area contributed by atoms with Crippen molar-refractivity contribution in [3.8, 4) is 0 Å². The average Bonchev–Trinajstić information content (AvgIpc) is 2.68. The number of methoxy groups -OCH3 is 1. The van der Waals surface area contributed by atoms with Gasteiger partial charge >= 0.3 is 12.1 Å². The molecule has 1 aromatic rings. The monoisotopic (exact) mass is 362 g/mol. The number of rotatable bonds is 6. The summed E-state index contributed by atoms with van der Waals surface area (Å²) in [5, 5.41) is -0.368. The zero-order valence-electron chi connectivity index (χ0n) is 11.7. The molecule has 11 heteroatoms. The molecule has 0 saturated heterocycles. The number of carbonyl (C=O) groups excluding carboxylic acids is 1. The molecule has 1 heterocycles. The minimum absolute atomic E-state index is 0.0775. The summed E-state index contributed by atoms with van der Waals surface area (Å²) in [5.41, 5.74) is -0.161. The molecule has 22 heavy (non-hydrogen) atoms. The second-order valence-electron chi connectivity index (χ2n) is 4.38. The van der Waals surface area contributed by atoms with Gasteiger partial charge < -0.3 is 9.72 Å². The number of esters is 1. The fourth-order valence-electron chi connectivity index (χ4n) is 1.71. The molecule has 0 bridgehead atoms. The van der Waals surface area contributed by atoms with Gasteiger partial charge in [0.25, 0.3) is 0 Å². The van der Waals surface area contributed by atoms with Gasteiger partial charge in [-0.05, 0) is 13.3 Å². The Morgan fingerprint density at radius 3 is 2.50 bits per heavy atom. The first-order valence-corrected chi connectivity index (χ1v) is 7.88. The molecule has 0 aliphatic carbocycles. The summed E-state index contributed by atoms with van der Waals surface area (Å²) in [4.78, 5) is 13.5. The highest BCUT2D eigenvalue weighted by molar-refractivity contribution is 7.89. The van der Waals surface area contributed by atoms with E-state index in [1.165, 1.54) is 6.92 Å². The Morgan fingerprint density at radius 2 is 2.00 bits per heavy atom. The first-order chi connectivity index (χ1) is 9.99. The van der Waals surface area contributed by atoms with Gasteiger partial charge in [-0.3, -0.25) is 0 Å². The Balaban J connectivity index is 2.90. The van der Waals surface area contributed by atoms with Gasteiger partial charge in [0.1, 0.15) is 10.6 Å². The lowest BCUT2D eigenvalue weighted by Gasteiger charge is -2.08. The molecular weight excluding hydrogens is 349 g/mol. The van der Waals surface area contributed by atoms with Crippen LogP contribution in [0.25, 0.3) is 0 Å². The normalized spacial score (nSPS) is 12.5. The number of nitrogens with one attached hydrogen (secondary N) is 2. The van der Waals surface area contributed by atoms with Crippen molar-refractivity contribution in [1.29, 1.82) is 0 Å². The minimum atomic E-state index is -4.36. The van der Waals surface area contributed by atoms with Crippen molar-refractivity contribution in [3.05, 3.63) is 16.4 Å². The highest BCUT2D eigenvalue weighted by atomic mass is 35.5. The van der Waals surface area contributed by atoms with E-state index in [-0.39, 0.29) is 21.3 Å². The Hall–Kier alpha value is -1.26. The summed E-state index contributed by atoms with van der Waals surface area (Å²) in [5.74, 6) is -0.855. The first kappa shape index (κ1) is 18.8. The summed E-state index contributed by atoms with van der Waals surface area (Å²) in [6.45, 7) is 0.957. The smallest absolute Gasteiger partial charge is 0.389 e. The third-order valence-corrected chi connectivity index (χ3v) is 4.78. The van der Waals surface area contributed by atoms with Crippen LogP contribution < -0.4 is 4.72 Å². The van der Waals surface area contributed by atoms with Gasteiger partial charge in [-0.25, -0.2) is 17.9 Å². The van der Waals surface area contributed by atoms with Crippen LogP contribution in [0.2, 0.25) is 5.02 Å². The molecule has 0 atom stereocenters. The molecular formula is C11H14ClF3N2O4S. The largest absolute Gasteiger partial charge is 0.464 e. The lowest BCUT2D eigenvalue weighted by molar-refractivity contribution is -0.135. The van der Waals surface area contributed by atoms with Crippen LogP contribution in [0.15, 0.2) is 4.90 Å². The number of halogens is 4. The van der Waals surface area contributed by atoms with Crippen molar-refractivity contribution in [3.63, 3.8) is 0 Å². The Kier molecular flexibility index (Phi) is 5.88. The zero-order valence-corrected chi connectivity index (χ0v) is 13.2. The number of carbonyl (C=O) groups is 1. The number of aryl methyl sites for hydroxylation is 1. The van der Waals surface area contributed by atoms with Crippen molar-refractivity contribution < 1.29 is 31.1 Å².